The van der Waals surface area contributed by atoms with E-state index in [0.717, 1.165) is 0 Å². The highest BCUT2D eigenvalue weighted by atomic mass is 14.2. The van der Waals surface area contributed by atoms with Gasteiger partial charge in [0.2, 0.25) is 0 Å². The predicted molar refractivity (Wildman–Crippen MR) is 233 cm³/mol. The van der Waals surface area contributed by atoms with Gasteiger partial charge in [-0.25, -0.2) is 0 Å². The minimum absolute atomic E-state index is 1.22. The summed E-state index contributed by atoms with van der Waals surface area (Å²) in [6, 6.07) is 76.1. The lowest BCUT2D eigenvalue weighted by atomic mass is 9.84. The molecular weight excluding hydrogens is 649 g/mol. The molecule has 54 heavy (non-hydrogen) atoms. The van der Waals surface area contributed by atoms with Crippen molar-refractivity contribution in [2.45, 2.75) is 0 Å². The van der Waals surface area contributed by atoms with Crippen molar-refractivity contribution in [2.24, 2.45) is 0 Å². The predicted octanol–water partition coefficient (Wildman–Crippen LogP) is 15.3. The second kappa shape index (κ2) is 12.3. The van der Waals surface area contributed by atoms with Gasteiger partial charge in [-0.1, -0.05) is 188 Å². The summed E-state index contributed by atoms with van der Waals surface area (Å²) in [7, 11) is 0. The van der Waals surface area contributed by atoms with Crippen LogP contribution in [-0.2, 0) is 0 Å². The zero-order valence-corrected chi connectivity index (χ0v) is 29.6. The van der Waals surface area contributed by atoms with E-state index < -0.39 is 0 Å². The Labute approximate surface area is 314 Å². The van der Waals surface area contributed by atoms with Gasteiger partial charge in [-0.15, -0.1) is 0 Å². The van der Waals surface area contributed by atoms with Gasteiger partial charge < -0.3 is 0 Å². The lowest BCUT2D eigenvalue weighted by molar-refractivity contribution is 1.62. The molecule has 11 aromatic carbocycles. The van der Waals surface area contributed by atoms with Gasteiger partial charge in [0.05, 0.1) is 0 Å². The van der Waals surface area contributed by atoms with Gasteiger partial charge in [0.15, 0.2) is 0 Å². The van der Waals surface area contributed by atoms with Crippen LogP contribution in [0.25, 0.3) is 109 Å². The Hall–Kier alpha value is -7.02. The van der Waals surface area contributed by atoms with Crippen LogP contribution in [0.3, 0.4) is 0 Å². The zero-order valence-electron chi connectivity index (χ0n) is 29.6. The van der Waals surface area contributed by atoms with Crippen LogP contribution >= 0.6 is 0 Å². The summed E-state index contributed by atoms with van der Waals surface area (Å²) in [6.07, 6.45) is 0. The summed E-state index contributed by atoms with van der Waals surface area (Å²) in [5, 5.41) is 15.3. The van der Waals surface area contributed by atoms with Gasteiger partial charge in [-0.05, 0) is 127 Å². The normalized spacial score (nSPS) is 11.7. The maximum Gasteiger partial charge on any atom is -0.00262 e. The van der Waals surface area contributed by atoms with Crippen molar-refractivity contribution in [3.63, 3.8) is 0 Å². The molecule has 11 aromatic rings. The molecule has 0 atom stereocenters. The van der Waals surface area contributed by atoms with Crippen LogP contribution in [0.5, 0.6) is 0 Å². The number of benzene rings is 11. The van der Waals surface area contributed by atoms with E-state index in [0.29, 0.717) is 0 Å². The first-order valence-electron chi connectivity index (χ1n) is 18.8. The molecule has 0 fully saturated rings. The molecule has 0 saturated carbocycles. The SMILES string of the molecule is c1cc(-c2cccc3ccccc23)cc(-c2c3ccccc3c(-c3cccc(-c4cc5ccc6ccccc6c5c5ccccc45)c3)c3ccccc23)c1. The van der Waals surface area contributed by atoms with Gasteiger partial charge in [-0.3, -0.25) is 0 Å². The van der Waals surface area contributed by atoms with E-state index >= 15 is 0 Å². The van der Waals surface area contributed by atoms with Crippen LogP contribution in [0.2, 0.25) is 0 Å². The van der Waals surface area contributed by atoms with E-state index in [4.69, 9.17) is 0 Å². The van der Waals surface area contributed by atoms with E-state index in [1.165, 1.54) is 109 Å². The third-order valence-electron chi connectivity index (χ3n) is 11.4. The molecule has 0 N–H and O–H groups in total. The Balaban J connectivity index is 1.13. The van der Waals surface area contributed by atoms with Crippen LogP contribution in [-0.4, -0.2) is 0 Å². The second-order valence-electron chi connectivity index (χ2n) is 14.4. The summed E-state index contributed by atoms with van der Waals surface area (Å²) in [4.78, 5) is 0. The molecule has 0 unspecified atom stereocenters. The summed E-state index contributed by atoms with van der Waals surface area (Å²) in [6.45, 7) is 0. The smallest absolute Gasteiger partial charge is 0.00262 e. The van der Waals surface area contributed by atoms with E-state index in [1.807, 2.05) is 0 Å². The van der Waals surface area contributed by atoms with Crippen molar-refractivity contribution in [3.8, 4) is 44.5 Å². The molecule has 0 aliphatic rings. The van der Waals surface area contributed by atoms with Crippen molar-refractivity contribution >= 4 is 64.6 Å². The van der Waals surface area contributed by atoms with Crippen molar-refractivity contribution in [1.29, 1.82) is 0 Å². The topological polar surface area (TPSA) is 0 Å². The van der Waals surface area contributed by atoms with Gasteiger partial charge in [-0.2, -0.15) is 0 Å². The van der Waals surface area contributed by atoms with Crippen LogP contribution < -0.4 is 0 Å². The number of hydrogen-bond acceptors (Lipinski definition) is 0. The fraction of sp³-hybridized carbons (Fsp3) is 0. The number of hydrogen-bond donors (Lipinski definition) is 0. The molecule has 0 amide bonds. The molecule has 0 saturated heterocycles. The zero-order chi connectivity index (χ0) is 35.6. The van der Waals surface area contributed by atoms with Crippen LogP contribution in [0.15, 0.2) is 206 Å². The molecule has 0 heterocycles. The highest BCUT2D eigenvalue weighted by Crippen LogP contribution is 2.46. The quantitative estimate of drug-likeness (QED) is 0.128. The minimum Gasteiger partial charge on any atom is -0.0616 e. The first kappa shape index (κ1) is 30.6. The summed E-state index contributed by atoms with van der Waals surface area (Å²) < 4.78 is 0. The fourth-order valence-corrected chi connectivity index (χ4v) is 9.03. The molecule has 0 aromatic heterocycles. The average Bonchev–Trinajstić information content (AvgIpc) is 3.25. The van der Waals surface area contributed by atoms with E-state index in [9.17, 15) is 0 Å². The monoisotopic (exact) mass is 682 g/mol. The maximum atomic E-state index is 2.41. The molecule has 0 spiro atoms. The second-order valence-corrected chi connectivity index (χ2v) is 14.4. The molecule has 250 valence electrons. The highest BCUT2D eigenvalue weighted by Gasteiger charge is 2.18. The first-order valence-corrected chi connectivity index (χ1v) is 18.8. The average molecular weight is 683 g/mol. The Morgan fingerprint density at radius 3 is 1.22 bits per heavy atom. The minimum atomic E-state index is 1.22. The lowest BCUT2D eigenvalue weighted by Gasteiger charge is -2.19. The van der Waals surface area contributed by atoms with Crippen LogP contribution in [0, 0.1) is 0 Å². The van der Waals surface area contributed by atoms with Crippen molar-refractivity contribution < 1.29 is 0 Å². The first-order chi connectivity index (χ1) is 26.8. The summed E-state index contributed by atoms with van der Waals surface area (Å²) in [5.74, 6) is 0. The van der Waals surface area contributed by atoms with Crippen LogP contribution in [0.4, 0.5) is 0 Å². The molecule has 0 aliphatic carbocycles. The van der Waals surface area contributed by atoms with Gasteiger partial charge in [0.1, 0.15) is 0 Å². The third kappa shape index (κ3) is 4.78. The Morgan fingerprint density at radius 2 is 0.611 bits per heavy atom. The Bertz CT molecular complexity index is 3210. The maximum absolute atomic E-state index is 2.41. The van der Waals surface area contributed by atoms with Crippen molar-refractivity contribution in [1.82, 2.24) is 0 Å². The molecular formula is C54H34. The molecule has 0 aliphatic heterocycles. The van der Waals surface area contributed by atoms with E-state index in [2.05, 4.69) is 206 Å². The van der Waals surface area contributed by atoms with Crippen LogP contribution in [0.1, 0.15) is 0 Å². The van der Waals surface area contributed by atoms with E-state index in [1.54, 1.807) is 0 Å². The molecule has 0 radical (unpaired) electrons. The molecule has 11 rings (SSSR count). The fourth-order valence-electron chi connectivity index (χ4n) is 9.03. The summed E-state index contributed by atoms with van der Waals surface area (Å²) in [5.41, 5.74) is 9.95. The largest absolute Gasteiger partial charge is 0.0616 e. The lowest BCUT2D eigenvalue weighted by Crippen LogP contribution is -1.92. The molecule has 0 nitrogen and oxygen atoms in total. The number of rotatable bonds is 4. The highest BCUT2D eigenvalue weighted by molar-refractivity contribution is 6.24. The van der Waals surface area contributed by atoms with Gasteiger partial charge >= 0.3 is 0 Å². The standard InChI is InChI=1S/C54H34/c1-3-21-42-35(14-1)16-13-29-43(42)37-17-11-19-39(32-37)53-47-25-7-9-27-49(47)54(50-28-10-8-26-48(50)53)40-20-12-18-38(33-40)51-34-41-31-30-36-15-2-4-22-44(36)52(41)46-24-6-5-23-45(46)51/h1-34H. The van der Waals surface area contributed by atoms with Gasteiger partial charge in [0, 0.05) is 0 Å². The number of fused-ring (bicyclic) bond motifs is 8. The Kier molecular flexibility index (Phi) is 6.97. The Morgan fingerprint density at radius 1 is 0.204 bits per heavy atom. The summed E-state index contributed by atoms with van der Waals surface area (Å²) >= 11 is 0. The molecule has 0 heteroatoms. The van der Waals surface area contributed by atoms with Crippen molar-refractivity contribution in [3.05, 3.63) is 206 Å². The van der Waals surface area contributed by atoms with E-state index in [-0.39, 0.29) is 0 Å². The third-order valence-corrected chi connectivity index (χ3v) is 11.4. The van der Waals surface area contributed by atoms with Gasteiger partial charge in [0.25, 0.3) is 0 Å². The van der Waals surface area contributed by atoms with Crippen molar-refractivity contribution in [2.75, 3.05) is 0 Å². The molecule has 0 bridgehead atoms.